The summed E-state index contributed by atoms with van der Waals surface area (Å²) in [5.74, 6) is -2.18. The number of carbonyl (C=O) groups is 2. The number of nitriles is 1. The summed E-state index contributed by atoms with van der Waals surface area (Å²) < 4.78 is 8.53. The Labute approximate surface area is 361 Å². The monoisotopic (exact) mass is 856 g/mol. The Hall–Kier alpha value is -4.99. The van der Waals surface area contributed by atoms with Crippen LogP contribution in [0.25, 0.3) is 24.8 Å². The highest BCUT2D eigenvalue weighted by molar-refractivity contribution is 8.03. The average Bonchev–Trinajstić information content (AvgIpc) is 3.64. The normalized spacial score (nSPS) is 15.0. The van der Waals surface area contributed by atoms with Crippen LogP contribution in [0.1, 0.15) is 68.7 Å². The molecule has 0 aromatic carbocycles. The van der Waals surface area contributed by atoms with Gasteiger partial charge >= 0.3 is 11.9 Å². The molecule has 0 bridgehead atoms. The summed E-state index contributed by atoms with van der Waals surface area (Å²) in [5.41, 5.74) is 4.02. The second-order valence-corrected chi connectivity index (χ2v) is 16.5. The fraction of sp³-hybridized carbons (Fsp3) is 0.255. The average molecular weight is 857 g/mol. The number of thiophene rings is 2. The van der Waals surface area contributed by atoms with E-state index >= 15 is 0 Å². The number of carboxylic acids is 2. The molecule has 2 N–H and O–H groups in total. The maximum Gasteiger partial charge on any atom is 0.347 e. The smallest absolute Gasteiger partial charge is 0.347 e. The molecule has 2 heterocycles. The first kappa shape index (κ1) is 51.0. The van der Waals surface area contributed by atoms with Crippen molar-refractivity contribution in [2.45, 2.75) is 78.5 Å². The van der Waals surface area contributed by atoms with Crippen molar-refractivity contribution in [1.29, 1.82) is 5.26 Å². The van der Waals surface area contributed by atoms with Crippen LogP contribution in [0.3, 0.4) is 0 Å². The van der Waals surface area contributed by atoms with Crippen molar-refractivity contribution in [1.82, 2.24) is 4.90 Å². The molecule has 1 aliphatic carbocycles. The number of rotatable bonds is 15. The lowest BCUT2D eigenvalue weighted by atomic mass is 10.1. The molecule has 7 nitrogen and oxygen atoms in total. The van der Waals surface area contributed by atoms with Crippen LogP contribution < -0.4 is 18.1 Å². The summed E-state index contributed by atoms with van der Waals surface area (Å²) in [4.78, 5) is 27.8. The summed E-state index contributed by atoms with van der Waals surface area (Å²) in [6, 6.07) is 5.89. The van der Waals surface area contributed by atoms with Crippen LogP contribution in [0.2, 0.25) is 0 Å². The van der Waals surface area contributed by atoms with Crippen LogP contribution in [0.15, 0.2) is 139 Å². The molecule has 0 atom stereocenters. The van der Waals surface area contributed by atoms with Gasteiger partial charge in [-0.3, -0.25) is 0 Å². The Kier molecular flexibility index (Phi) is 25.0. The van der Waals surface area contributed by atoms with E-state index in [-0.39, 0.29) is 5.57 Å². The van der Waals surface area contributed by atoms with Crippen LogP contribution >= 0.6 is 46.2 Å². The SMILES string of the molecule is C/C=C\OC.C=c1s/c(=C/C2=CC=C(N(C/C=C\C)C(/C=C\C(\C=c3\cc(S/C(C)=C(/C#N)C(=O)O)/c(=C\C)s3)=C/C)=C/C)C=CC2)cc1S/C(C)=C\C(=O)O.CC. The molecule has 0 amide bonds. The first-order chi connectivity index (χ1) is 27.8. The van der Waals surface area contributed by atoms with Crippen molar-refractivity contribution in [2.24, 2.45) is 0 Å². The summed E-state index contributed by atoms with van der Waals surface area (Å²) in [7, 11) is 1.62. The molecule has 0 saturated heterocycles. The fourth-order valence-electron chi connectivity index (χ4n) is 4.94. The van der Waals surface area contributed by atoms with Crippen molar-refractivity contribution < 1.29 is 24.5 Å². The molecule has 0 aliphatic heterocycles. The topological polar surface area (TPSA) is 111 Å². The zero-order valence-corrected chi connectivity index (χ0v) is 38.4. The van der Waals surface area contributed by atoms with Gasteiger partial charge in [0.15, 0.2) is 0 Å². The van der Waals surface area contributed by atoms with Crippen LogP contribution in [0, 0.1) is 11.3 Å². The molecule has 1 aliphatic rings. The number of ether oxygens (including phenoxy) is 1. The lowest BCUT2D eigenvalue weighted by Crippen LogP contribution is -2.20. The number of methoxy groups -OCH3 is 1. The summed E-state index contributed by atoms with van der Waals surface area (Å²) in [6.45, 7) is 22.2. The third-order valence-electron chi connectivity index (χ3n) is 7.58. The molecule has 11 heteroatoms. The van der Waals surface area contributed by atoms with E-state index in [4.69, 9.17) is 5.11 Å². The molecule has 2 aromatic heterocycles. The summed E-state index contributed by atoms with van der Waals surface area (Å²) in [5, 5.41) is 27.7. The number of hydrogen-bond acceptors (Lipinski definition) is 9. The first-order valence-corrected chi connectivity index (χ1v) is 21.9. The number of thioether (sulfide) groups is 2. The standard InChI is InChI=1S/C41H42N2O4S4.C4H8O.C2H6/c1-8-12-20-43(33-15-13-14-31(17-19-33)23-34-24-38(29(7)49-34)48-27(5)21-40(44)45)32(10-3)18-16-30(9-2)22-35-25-39(37(11-4)51-35)50-28(6)36(26-42)41(46)47;1-3-4-5-2;1-2/h8-13,15-19,21-25H,7,14,20H2,1-6H3,(H,44,45)(H,46,47);3-4H,1-2H3;1-2H3/b12-8-,18-16-,27-21-,30-9+,32-10+,34-23+,35-22-,36-28-,37-11+;4-3-;. The fourth-order valence-corrected chi connectivity index (χ4v) is 9.10. The lowest BCUT2D eigenvalue weighted by molar-refractivity contribution is -0.132. The van der Waals surface area contributed by atoms with Gasteiger partial charge in [-0.25, -0.2) is 9.59 Å². The predicted molar refractivity (Wildman–Crippen MR) is 252 cm³/mol. The first-order valence-electron chi connectivity index (χ1n) is 18.6. The second kappa shape index (κ2) is 28.4. The van der Waals surface area contributed by atoms with Crippen molar-refractivity contribution in [2.75, 3.05) is 13.7 Å². The van der Waals surface area contributed by atoms with Crippen molar-refractivity contribution in [3.8, 4) is 6.07 Å². The minimum Gasteiger partial charge on any atom is -0.505 e. The summed E-state index contributed by atoms with van der Waals surface area (Å²) >= 11 is 5.92. The number of hydrogen-bond donors (Lipinski definition) is 2. The third kappa shape index (κ3) is 17.7. The number of nitrogens with zero attached hydrogens (tertiary/aromatic N) is 2. The van der Waals surface area contributed by atoms with E-state index < -0.39 is 11.9 Å². The van der Waals surface area contributed by atoms with Crippen molar-refractivity contribution in [3.05, 3.63) is 147 Å². The molecular formula is C47H56N2O5S4. The highest BCUT2D eigenvalue weighted by Crippen LogP contribution is 2.27. The van der Waals surface area contributed by atoms with E-state index in [0.29, 0.717) is 16.4 Å². The molecule has 0 spiro atoms. The summed E-state index contributed by atoms with van der Waals surface area (Å²) in [6.07, 6.45) is 32.8. The van der Waals surface area contributed by atoms with Gasteiger partial charge < -0.3 is 19.8 Å². The molecular weight excluding hydrogens is 801 g/mol. The Bertz CT molecular complexity index is 2320. The van der Waals surface area contributed by atoms with Gasteiger partial charge in [0.05, 0.1) is 13.4 Å². The van der Waals surface area contributed by atoms with Crippen LogP contribution in [-0.2, 0) is 14.3 Å². The zero-order valence-electron chi connectivity index (χ0n) is 35.2. The molecule has 308 valence electrons. The number of allylic oxidation sites excluding steroid dienone is 14. The van der Waals surface area contributed by atoms with Gasteiger partial charge in [-0.05, 0) is 113 Å². The second-order valence-electron chi connectivity index (χ2n) is 11.7. The van der Waals surface area contributed by atoms with Crippen molar-refractivity contribution >= 4 is 82.9 Å². The molecule has 0 unspecified atom stereocenters. The van der Waals surface area contributed by atoms with E-state index in [1.165, 1.54) is 29.6 Å². The number of carboxylic acid groups (broad SMARTS) is 2. The zero-order chi connectivity index (χ0) is 43.6. The third-order valence-corrected chi connectivity index (χ3v) is 12.0. The van der Waals surface area contributed by atoms with E-state index in [9.17, 15) is 20.0 Å². The minimum atomic E-state index is -1.22. The van der Waals surface area contributed by atoms with E-state index in [2.05, 4.69) is 89.1 Å². The lowest BCUT2D eigenvalue weighted by Gasteiger charge is -2.25. The molecule has 3 rings (SSSR count). The predicted octanol–water partition coefficient (Wildman–Crippen LogP) is 10.6. The maximum atomic E-state index is 11.5. The maximum absolute atomic E-state index is 11.5. The van der Waals surface area contributed by atoms with Gasteiger partial charge in [0.25, 0.3) is 0 Å². The van der Waals surface area contributed by atoms with Crippen LogP contribution in [-0.4, -0.2) is 40.7 Å². The highest BCUT2D eigenvalue weighted by Gasteiger charge is 2.14. The van der Waals surface area contributed by atoms with Crippen molar-refractivity contribution in [3.63, 3.8) is 0 Å². The quantitative estimate of drug-likeness (QED) is 0.0452. The molecule has 2 aromatic rings. The minimum absolute atomic E-state index is 0.247. The van der Waals surface area contributed by atoms with E-state index in [1.807, 2.05) is 72.8 Å². The molecule has 0 radical (unpaired) electrons. The van der Waals surface area contributed by atoms with Gasteiger partial charge in [-0.15, -0.1) is 22.7 Å². The van der Waals surface area contributed by atoms with Gasteiger partial charge in [0.1, 0.15) is 11.6 Å². The Morgan fingerprint density at radius 1 is 0.983 bits per heavy atom. The molecule has 58 heavy (non-hydrogen) atoms. The molecule has 0 saturated carbocycles. The Balaban J connectivity index is 0.00000222. The van der Waals surface area contributed by atoms with Gasteiger partial charge in [-0.2, -0.15) is 5.26 Å². The Morgan fingerprint density at radius 3 is 2.24 bits per heavy atom. The van der Waals surface area contributed by atoms with Crippen LogP contribution in [0.5, 0.6) is 0 Å². The Morgan fingerprint density at radius 2 is 1.69 bits per heavy atom. The highest BCUT2D eigenvalue weighted by atomic mass is 32.2. The molecule has 0 fully saturated rings. The van der Waals surface area contributed by atoms with Gasteiger partial charge in [0.2, 0.25) is 0 Å². The van der Waals surface area contributed by atoms with Crippen LogP contribution in [0.4, 0.5) is 0 Å². The van der Waals surface area contributed by atoms with E-state index in [1.54, 1.807) is 56.0 Å². The largest absolute Gasteiger partial charge is 0.505 e. The van der Waals surface area contributed by atoms with E-state index in [0.717, 1.165) is 56.9 Å². The van der Waals surface area contributed by atoms with Gasteiger partial charge in [0, 0.05) is 56.8 Å². The number of aliphatic carboxylic acids is 2. The van der Waals surface area contributed by atoms with Gasteiger partial charge in [-0.1, -0.05) is 98.6 Å².